The zero-order valence-electron chi connectivity index (χ0n) is 17.1. The third-order valence-electron chi connectivity index (χ3n) is 5.78. The van der Waals surface area contributed by atoms with E-state index in [0.29, 0.717) is 30.9 Å². The van der Waals surface area contributed by atoms with Gasteiger partial charge in [-0.1, -0.05) is 18.2 Å². The summed E-state index contributed by atoms with van der Waals surface area (Å²) >= 11 is 0. The van der Waals surface area contributed by atoms with Crippen LogP contribution in [0.3, 0.4) is 0 Å². The number of nitrogens with one attached hydrogen (secondary N) is 1. The molecule has 2 bridgehead atoms. The van der Waals surface area contributed by atoms with E-state index in [1.165, 1.54) is 6.08 Å². The monoisotopic (exact) mass is 418 g/mol. The quantitative estimate of drug-likeness (QED) is 0.607. The van der Waals surface area contributed by atoms with Crippen LogP contribution in [0.1, 0.15) is 23.6 Å². The zero-order valence-corrected chi connectivity index (χ0v) is 17.1. The van der Waals surface area contributed by atoms with Gasteiger partial charge in [-0.05, 0) is 42.2 Å². The van der Waals surface area contributed by atoms with Crippen LogP contribution in [0.4, 0.5) is 4.79 Å². The number of nitriles is 1. The summed E-state index contributed by atoms with van der Waals surface area (Å²) in [7, 11) is 1.55. The second kappa shape index (κ2) is 8.48. The minimum absolute atomic E-state index is 0.0254. The van der Waals surface area contributed by atoms with Crippen LogP contribution in [0.15, 0.2) is 52.8 Å². The van der Waals surface area contributed by atoms with Gasteiger partial charge < -0.3 is 14.2 Å². The molecule has 0 spiro atoms. The molecule has 3 amide bonds. The number of carbonyl (C=O) groups excluding carboxylic acids is 2. The molecule has 158 valence electrons. The second-order valence-electron chi connectivity index (χ2n) is 7.81. The maximum atomic E-state index is 12.7. The minimum atomic E-state index is -0.740. The lowest BCUT2D eigenvalue weighted by Crippen LogP contribution is -2.52. The maximum Gasteiger partial charge on any atom is 0.324 e. The molecular weight excluding hydrogens is 396 g/mol. The zero-order chi connectivity index (χ0) is 22.0. The van der Waals surface area contributed by atoms with Gasteiger partial charge in [0.05, 0.1) is 7.11 Å². The van der Waals surface area contributed by atoms with Gasteiger partial charge in [0.15, 0.2) is 0 Å². The average molecular weight is 418 g/mol. The average Bonchev–Trinajstić information content (AvgIpc) is 2.78. The molecule has 3 heterocycles. The summed E-state index contributed by atoms with van der Waals surface area (Å²) in [5.41, 5.74) is 1.38. The Labute approximate surface area is 179 Å². The largest absolute Gasteiger partial charge is 0.497 e. The van der Waals surface area contributed by atoms with Crippen LogP contribution in [0.2, 0.25) is 0 Å². The number of aromatic nitrogens is 1. The number of nitrogens with zero attached hydrogens (tertiary/aromatic N) is 3. The fraction of sp³-hybridized carbons (Fsp3) is 0.304. The Balaban J connectivity index is 1.45. The van der Waals surface area contributed by atoms with Gasteiger partial charge in [0.25, 0.3) is 11.5 Å². The Bertz CT molecular complexity index is 1140. The molecule has 2 atom stereocenters. The Morgan fingerprint density at radius 1 is 1.16 bits per heavy atom. The summed E-state index contributed by atoms with van der Waals surface area (Å²) < 4.78 is 6.88. The lowest BCUT2D eigenvalue weighted by molar-refractivity contribution is -0.116. The standard InChI is InChI=1S/C23H22N4O4/c1-31-19-7-5-15(6-8-19)9-17(11-24)22(29)25-23(30)26-12-16-10-18(14-26)20-3-2-4-21(28)27(20)13-16/h2-9,16,18H,10,12-14H2,1H3,(H,25,29,30)/b17-9-/t16-,18+/m1/s1. The number of imide groups is 1. The van der Waals surface area contributed by atoms with E-state index in [4.69, 9.17) is 4.74 Å². The number of methoxy groups -OCH3 is 1. The van der Waals surface area contributed by atoms with Crippen molar-refractivity contribution in [2.24, 2.45) is 5.92 Å². The SMILES string of the molecule is COc1ccc(/C=C(/C#N)C(=O)NC(=O)N2C[C@H]3C[C@@H](C2)c2cccc(=O)n2C3)cc1. The number of hydrogen-bond donors (Lipinski definition) is 1. The molecule has 1 saturated heterocycles. The number of ether oxygens (including phenoxy) is 1. The molecule has 0 radical (unpaired) electrons. The molecule has 8 heteroatoms. The first-order valence-corrected chi connectivity index (χ1v) is 10.0. The number of amides is 3. The predicted molar refractivity (Wildman–Crippen MR) is 113 cm³/mol. The highest BCUT2D eigenvalue weighted by molar-refractivity contribution is 6.08. The lowest BCUT2D eigenvalue weighted by atomic mass is 9.83. The number of urea groups is 1. The summed E-state index contributed by atoms with van der Waals surface area (Å²) in [4.78, 5) is 39.0. The van der Waals surface area contributed by atoms with E-state index in [1.54, 1.807) is 53.0 Å². The molecule has 0 unspecified atom stereocenters. The van der Waals surface area contributed by atoms with E-state index in [1.807, 2.05) is 12.1 Å². The van der Waals surface area contributed by atoms with Crippen molar-refractivity contribution in [2.45, 2.75) is 18.9 Å². The molecule has 31 heavy (non-hydrogen) atoms. The second-order valence-corrected chi connectivity index (χ2v) is 7.81. The van der Waals surface area contributed by atoms with Gasteiger partial charge in [0, 0.05) is 37.3 Å². The first-order chi connectivity index (χ1) is 15.0. The van der Waals surface area contributed by atoms with Crippen molar-refractivity contribution in [3.63, 3.8) is 0 Å². The van der Waals surface area contributed by atoms with Gasteiger partial charge in [0.2, 0.25) is 0 Å². The molecule has 1 N–H and O–H groups in total. The van der Waals surface area contributed by atoms with Crippen LogP contribution >= 0.6 is 0 Å². The number of rotatable bonds is 3. The first-order valence-electron chi connectivity index (χ1n) is 10.0. The third-order valence-corrected chi connectivity index (χ3v) is 5.78. The van der Waals surface area contributed by atoms with Crippen LogP contribution in [-0.4, -0.2) is 41.6 Å². The number of likely N-dealkylation sites (tertiary alicyclic amines) is 1. The fourth-order valence-corrected chi connectivity index (χ4v) is 4.32. The van der Waals surface area contributed by atoms with Crippen LogP contribution in [-0.2, 0) is 11.3 Å². The molecule has 2 aliphatic heterocycles. The van der Waals surface area contributed by atoms with E-state index in [2.05, 4.69) is 5.32 Å². The molecule has 2 aromatic rings. The van der Waals surface area contributed by atoms with Gasteiger partial charge in [0.1, 0.15) is 17.4 Å². The molecule has 1 aromatic heterocycles. The van der Waals surface area contributed by atoms with E-state index >= 15 is 0 Å². The smallest absolute Gasteiger partial charge is 0.324 e. The number of hydrogen-bond acceptors (Lipinski definition) is 5. The number of piperidine rings is 1. The van der Waals surface area contributed by atoms with Gasteiger partial charge in [-0.3, -0.25) is 14.9 Å². The topological polar surface area (TPSA) is 104 Å². The van der Waals surface area contributed by atoms with Crippen LogP contribution in [0.5, 0.6) is 5.75 Å². The summed E-state index contributed by atoms with van der Waals surface area (Å²) in [6, 6.07) is 13.4. The molecule has 4 rings (SSSR count). The highest BCUT2D eigenvalue weighted by Gasteiger charge is 2.36. The van der Waals surface area contributed by atoms with Crippen LogP contribution in [0.25, 0.3) is 6.08 Å². The molecule has 8 nitrogen and oxygen atoms in total. The Hall–Kier alpha value is -3.86. The van der Waals surface area contributed by atoms with Gasteiger partial charge in [-0.15, -0.1) is 0 Å². The number of pyridine rings is 1. The third kappa shape index (κ3) is 4.21. The number of carbonyl (C=O) groups is 2. The van der Waals surface area contributed by atoms with Crippen molar-refractivity contribution < 1.29 is 14.3 Å². The Morgan fingerprint density at radius 3 is 2.65 bits per heavy atom. The van der Waals surface area contributed by atoms with Crippen molar-refractivity contribution in [1.82, 2.24) is 14.8 Å². The normalized spacial score (nSPS) is 19.7. The molecular formula is C23H22N4O4. The predicted octanol–water partition coefficient (Wildman–Crippen LogP) is 2.12. The summed E-state index contributed by atoms with van der Waals surface area (Å²) in [5.74, 6) is 0.121. The van der Waals surface area contributed by atoms with Crippen molar-refractivity contribution >= 4 is 18.0 Å². The number of fused-ring (bicyclic) bond motifs is 4. The van der Waals surface area contributed by atoms with Crippen molar-refractivity contribution in [3.05, 3.63) is 69.6 Å². The first kappa shape index (κ1) is 20.4. The van der Waals surface area contributed by atoms with Crippen LogP contribution < -0.4 is 15.6 Å². The Morgan fingerprint density at radius 2 is 1.94 bits per heavy atom. The van der Waals surface area contributed by atoms with Gasteiger partial charge >= 0.3 is 6.03 Å². The molecule has 1 aromatic carbocycles. The van der Waals surface area contributed by atoms with Crippen molar-refractivity contribution in [1.29, 1.82) is 5.26 Å². The van der Waals surface area contributed by atoms with E-state index in [0.717, 1.165) is 12.1 Å². The van der Waals surface area contributed by atoms with E-state index in [9.17, 15) is 19.6 Å². The molecule has 0 aliphatic carbocycles. The minimum Gasteiger partial charge on any atom is -0.497 e. The van der Waals surface area contributed by atoms with Crippen LogP contribution in [0, 0.1) is 17.2 Å². The lowest BCUT2D eigenvalue weighted by Gasteiger charge is -2.42. The molecule has 0 saturated carbocycles. The summed E-state index contributed by atoms with van der Waals surface area (Å²) in [6.07, 6.45) is 2.33. The maximum absolute atomic E-state index is 12.7. The number of benzene rings is 1. The van der Waals surface area contributed by atoms with Crippen molar-refractivity contribution in [2.75, 3.05) is 20.2 Å². The highest BCUT2D eigenvalue weighted by atomic mass is 16.5. The van der Waals surface area contributed by atoms with Crippen molar-refractivity contribution in [3.8, 4) is 11.8 Å². The van der Waals surface area contributed by atoms with E-state index in [-0.39, 0.29) is 23.0 Å². The molecule has 1 fully saturated rings. The fourth-order valence-electron chi connectivity index (χ4n) is 4.32. The summed E-state index contributed by atoms with van der Waals surface area (Å²) in [5, 5.41) is 11.7. The molecule has 2 aliphatic rings. The van der Waals surface area contributed by atoms with Gasteiger partial charge in [-0.2, -0.15) is 5.26 Å². The summed E-state index contributed by atoms with van der Waals surface area (Å²) in [6.45, 7) is 1.44. The highest BCUT2D eigenvalue weighted by Crippen LogP contribution is 2.34. The Kier molecular flexibility index (Phi) is 5.58. The van der Waals surface area contributed by atoms with Gasteiger partial charge in [-0.25, -0.2) is 4.79 Å². The van der Waals surface area contributed by atoms with E-state index < -0.39 is 11.9 Å².